The highest BCUT2D eigenvalue weighted by Gasteiger charge is 2.38. The monoisotopic (exact) mass is 428 g/mol. The van der Waals surface area contributed by atoms with Gasteiger partial charge in [-0.2, -0.15) is 4.31 Å². The maximum Gasteiger partial charge on any atom is 0.247 e. The highest BCUT2D eigenvalue weighted by Crippen LogP contribution is 2.35. The molecule has 0 spiro atoms. The summed E-state index contributed by atoms with van der Waals surface area (Å²) in [4.78, 5) is 30.8. The number of hydrogen-bond donors (Lipinski definition) is 1. The van der Waals surface area contributed by atoms with E-state index in [1.54, 1.807) is 36.7 Å². The van der Waals surface area contributed by atoms with Crippen LogP contribution in [0, 0.1) is 0 Å². The maximum absolute atomic E-state index is 13.0. The SMILES string of the molecule is CC(=O)N1c2ccc(S(=O)(=O)N3CCCCC3)cc2C[C@H]1C(=O)Nc1ccncc1. The predicted octanol–water partition coefficient (Wildman–Crippen LogP) is 2.17. The van der Waals surface area contributed by atoms with E-state index in [2.05, 4.69) is 10.3 Å². The van der Waals surface area contributed by atoms with Crippen molar-refractivity contribution in [3.05, 3.63) is 48.3 Å². The lowest BCUT2D eigenvalue weighted by Crippen LogP contribution is -2.44. The lowest BCUT2D eigenvalue weighted by Gasteiger charge is -2.26. The van der Waals surface area contributed by atoms with Gasteiger partial charge in [-0.3, -0.25) is 19.5 Å². The van der Waals surface area contributed by atoms with Crippen molar-refractivity contribution >= 4 is 33.2 Å². The van der Waals surface area contributed by atoms with Gasteiger partial charge in [0, 0.05) is 50.2 Å². The summed E-state index contributed by atoms with van der Waals surface area (Å²) in [6.45, 7) is 2.45. The lowest BCUT2D eigenvalue weighted by atomic mass is 10.1. The molecule has 2 aliphatic rings. The minimum Gasteiger partial charge on any atom is -0.324 e. The highest BCUT2D eigenvalue weighted by atomic mass is 32.2. The fourth-order valence-corrected chi connectivity index (χ4v) is 5.67. The number of fused-ring (bicyclic) bond motifs is 1. The molecule has 0 unspecified atom stereocenters. The van der Waals surface area contributed by atoms with Gasteiger partial charge < -0.3 is 5.32 Å². The van der Waals surface area contributed by atoms with Crippen LogP contribution in [0.15, 0.2) is 47.6 Å². The van der Waals surface area contributed by atoms with Crippen LogP contribution in [0.25, 0.3) is 0 Å². The lowest BCUT2D eigenvalue weighted by molar-refractivity contribution is -0.122. The fraction of sp³-hybridized carbons (Fsp3) is 0.381. The van der Waals surface area contributed by atoms with E-state index in [0.29, 0.717) is 30.0 Å². The second-order valence-electron chi connectivity index (χ2n) is 7.59. The second-order valence-corrected chi connectivity index (χ2v) is 9.53. The average molecular weight is 429 g/mol. The van der Waals surface area contributed by atoms with Gasteiger partial charge in [0.25, 0.3) is 0 Å². The topological polar surface area (TPSA) is 99.7 Å². The summed E-state index contributed by atoms with van der Waals surface area (Å²) in [7, 11) is -3.59. The van der Waals surface area contributed by atoms with E-state index in [1.807, 2.05) is 0 Å². The molecule has 4 rings (SSSR count). The minimum absolute atomic E-state index is 0.210. The van der Waals surface area contributed by atoms with Crippen LogP contribution >= 0.6 is 0 Å². The Morgan fingerprint density at radius 3 is 2.43 bits per heavy atom. The van der Waals surface area contributed by atoms with Crippen molar-refractivity contribution < 1.29 is 18.0 Å². The maximum atomic E-state index is 13.0. The molecule has 30 heavy (non-hydrogen) atoms. The smallest absolute Gasteiger partial charge is 0.247 e. The molecule has 0 saturated carbocycles. The van der Waals surface area contributed by atoms with Gasteiger partial charge >= 0.3 is 0 Å². The van der Waals surface area contributed by atoms with Crippen molar-refractivity contribution in [3.63, 3.8) is 0 Å². The van der Waals surface area contributed by atoms with E-state index in [0.717, 1.165) is 19.3 Å². The summed E-state index contributed by atoms with van der Waals surface area (Å²) in [5.41, 5.74) is 1.84. The molecule has 9 heteroatoms. The van der Waals surface area contributed by atoms with Crippen LogP contribution in [0.2, 0.25) is 0 Å². The van der Waals surface area contributed by atoms with Crippen molar-refractivity contribution in [1.82, 2.24) is 9.29 Å². The molecule has 0 aliphatic carbocycles. The van der Waals surface area contributed by atoms with Crippen LogP contribution < -0.4 is 10.2 Å². The number of nitrogens with zero attached hydrogens (tertiary/aromatic N) is 3. The first kappa shape index (κ1) is 20.5. The van der Waals surface area contributed by atoms with Crippen LogP contribution in [-0.4, -0.2) is 48.7 Å². The number of nitrogens with one attached hydrogen (secondary N) is 1. The number of hydrogen-bond acceptors (Lipinski definition) is 5. The van der Waals surface area contributed by atoms with Crippen molar-refractivity contribution in [1.29, 1.82) is 0 Å². The van der Waals surface area contributed by atoms with E-state index in [4.69, 9.17) is 0 Å². The number of amides is 2. The standard InChI is InChI=1S/C21H24N4O4S/c1-15(26)25-19-6-5-18(30(28,29)24-11-3-2-4-12-24)13-16(19)14-20(25)21(27)23-17-7-9-22-10-8-17/h5-10,13,20H,2-4,11-12,14H2,1H3,(H,22,23,27)/t20-/m0/s1. The van der Waals surface area contributed by atoms with Gasteiger partial charge in [-0.05, 0) is 48.7 Å². The molecular weight excluding hydrogens is 404 g/mol. The van der Waals surface area contributed by atoms with E-state index < -0.39 is 16.1 Å². The first-order chi connectivity index (χ1) is 14.4. The zero-order chi connectivity index (χ0) is 21.3. The molecule has 0 bridgehead atoms. The number of sulfonamides is 1. The van der Waals surface area contributed by atoms with Gasteiger partial charge in [-0.15, -0.1) is 0 Å². The number of aromatic nitrogens is 1. The van der Waals surface area contributed by atoms with E-state index >= 15 is 0 Å². The second kappa shape index (κ2) is 8.16. The molecule has 3 heterocycles. The third kappa shape index (κ3) is 3.82. The Morgan fingerprint density at radius 2 is 1.77 bits per heavy atom. The first-order valence-corrected chi connectivity index (χ1v) is 11.5. The summed E-state index contributed by atoms with van der Waals surface area (Å²) in [5, 5.41) is 2.80. The molecule has 2 amide bonds. The molecule has 158 valence electrons. The summed E-state index contributed by atoms with van der Waals surface area (Å²) in [5.74, 6) is -0.594. The third-order valence-corrected chi connectivity index (χ3v) is 7.47. The van der Waals surface area contributed by atoms with Crippen molar-refractivity contribution in [2.45, 2.75) is 43.5 Å². The van der Waals surface area contributed by atoms with Crippen LogP contribution in [0.5, 0.6) is 0 Å². The average Bonchev–Trinajstić information content (AvgIpc) is 3.14. The zero-order valence-corrected chi connectivity index (χ0v) is 17.6. The number of carbonyl (C=O) groups excluding carboxylic acids is 2. The van der Waals surface area contributed by atoms with Gasteiger partial charge in [0.15, 0.2) is 0 Å². The molecule has 1 aromatic carbocycles. The van der Waals surface area contributed by atoms with Crippen molar-refractivity contribution in [2.75, 3.05) is 23.3 Å². The fourth-order valence-electron chi connectivity index (χ4n) is 4.10. The molecule has 1 N–H and O–H groups in total. The Kier molecular flexibility index (Phi) is 5.57. The minimum atomic E-state index is -3.59. The highest BCUT2D eigenvalue weighted by molar-refractivity contribution is 7.89. The van der Waals surface area contributed by atoms with Gasteiger partial charge in [0.05, 0.1) is 4.90 Å². The Bertz CT molecular complexity index is 1070. The summed E-state index contributed by atoms with van der Waals surface area (Å²) < 4.78 is 27.6. The summed E-state index contributed by atoms with van der Waals surface area (Å²) in [6.07, 6.45) is 6.16. The van der Waals surface area contributed by atoms with Gasteiger partial charge in [-0.1, -0.05) is 6.42 Å². The number of piperidine rings is 1. The van der Waals surface area contributed by atoms with E-state index in [1.165, 1.54) is 22.2 Å². The number of rotatable bonds is 4. The molecule has 1 saturated heterocycles. The molecule has 1 fully saturated rings. The Balaban J connectivity index is 1.61. The van der Waals surface area contributed by atoms with Gasteiger partial charge in [0.2, 0.25) is 21.8 Å². The summed E-state index contributed by atoms with van der Waals surface area (Å²) in [6, 6.07) is 7.37. The normalized spacial score (nSPS) is 19.4. The van der Waals surface area contributed by atoms with Gasteiger partial charge in [-0.25, -0.2) is 8.42 Å². The van der Waals surface area contributed by atoms with E-state index in [-0.39, 0.29) is 23.1 Å². The van der Waals surface area contributed by atoms with E-state index in [9.17, 15) is 18.0 Å². The number of pyridine rings is 1. The quantitative estimate of drug-likeness (QED) is 0.805. The van der Waals surface area contributed by atoms with Crippen LogP contribution in [-0.2, 0) is 26.0 Å². The van der Waals surface area contributed by atoms with Crippen molar-refractivity contribution in [3.8, 4) is 0 Å². The summed E-state index contributed by atoms with van der Waals surface area (Å²) >= 11 is 0. The van der Waals surface area contributed by atoms with Crippen LogP contribution in [0.1, 0.15) is 31.7 Å². The Hall–Kier alpha value is -2.78. The molecule has 8 nitrogen and oxygen atoms in total. The predicted molar refractivity (Wildman–Crippen MR) is 113 cm³/mol. The molecule has 2 aromatic rings. The molecular formula is C21H24N4O4S. The number of anilines is 2. The third-order valence-electron chi connectivity index (χ3n) is 5.58. The molecule has 2 aliphatic heterocycles. The molecule has 1 atom stereocenters. The van der Waals surface area contributed by atoms with Crippen molar-refractivity contribution in [2.24, 2.45) is 0 Å². The van der Waals surface area contributed by atoms with Gasteiger partial charge in [0.1, 0.15) is 6.04 Å². The zero-order valence-electron chi connectivity index (χ0n) is 16.7. The Morgan fingerprint density at radius 1 is 1.07 bits per heavy atom. The first-order valence-electron chi connectivity index (χ1n) is 10.0. The Labute approximate surface area is 175 Å². The number of carbonyl (C=O) groups is 2. The van der Waals surface area contributed by atoms with Crippen LogP contribution in [0.4, 0.5) is 11.4 Å². The largest absolute Gasteiger partial charge is 0.324 e. The molecule has 0 radical (unpaired) electrons. The molecule has 1 aromatic heterocycles. The van der Waals surface area contributed by atoms with Crippen LogP contribution in [0.3, 0.4) is 0 Å². The number of benzene rings is 1.